The van der Waals surface area contributed by atoms with Crippen molar-refractivity contribution in [2.45, 2.75) is 18.9 Å². The van der Waals surface area contributed by atoms with Crippen molar-refractivity contribution in [1.82, 2.24) is 25.5 Å². The predicted octanol–water partition coefficient (Wildman–Crippen LogP) is 1.42. The molecule has 2 aromatic heterocycles. The zero-order valence-corrected chi connectivity index (χ0v) is 15.7. The van der Waals surface area contributed by atoms with Gasteiger partial charge in [0.15, 0.2) is 0 Å². The van der Waals surface area contributed by atoms with Crippen LogP contribution in [-0.2, 0) is 4.79 Å². The van der Waals surface area contributed by atoms with E-state index < -0.39 is 0 Å². The van der Waals surface area contributed by atoms with Crippen LogP contribution in [0.4, 0.5) is 0 Å². The molecule has 0 radical (unpaired) electrons. The summed E-state index contributed by atoms with van der Waals surface area (Å²) in [6.45, 7) is 9.99. The molecule has 1 fully saturated rings. The van der Waals surface area contributed by atoms with E-state index in [1.807, 2.05) is 0 Å². The molecule has 0 unspecified atom stereocenters. The van der Waals surface area contributed by atoms with E-state index in [0.717, 1.165) is 48.0 Å². The lowest BCUT2D eigenvalue weighted by molar-refractivity contribution is -0.118. The van der Waals surface area contributed by atoms with Gasteiger partial charge in [0.25, 0.3) is 0 Å². The number of hydrogen-bond acceptors (Lipinski definition) is 7. The summed E-state index contributed by atoms with van der Waals surface area (Å²) in [4.78, 5) is 25.4. The monoisotopic (exact) mass is 365 g/mol. The fourth-order valence-electron chi connectivity index (χ4n) is 2.73. The van der Waals surface area contributed by atoms with Gasteiger partial charge in [-0.05, 0) is 19.4 Å². The summed E-state index contributed by atoms with van der Waals surface area (Å²) in [6, 6.07) is 0. The van der Waals surface area contributed by atoms with E-state index in [-0.39, 0.29) is 5.91 Å². The second-order valence-electron chi connectivity index (χ2n) is 5.87. The van der Waals surface area contributed by atoms with Crippen LogP contribution < -0.4 is 10.6 Å². The van der Waals surface area contributed by atoms with Gasteiger partial charge in [-0.3, -0.25) is 9.69 Å². The minimum absolute atomic E-state index is 0.0616. The lowest BCUT2D eigenvalue weighted by atomic mass is 10.2. The molecule has 1 amide bonds. The summed E-state index contributed by atoms with van der Waals surface area (Å²) in [5, 5.41) is 8.33. The van der Waals surface area contributed by atoms with Gasteiger partial charge in [-0.1, -0.05) is 11.8 Å². The highest BCUT2D eigenvalue weighted by molar-refractivity contribution is 8.00. The highest BCUT2D eigenvalue weighted by Crippen LogP contribution is 2.34. The van der Waals surface area contributed by atoms with E-state index >= 15 is 0 Å². The number of thiophene rings is 1. The maximum atomic E-state index is 12.1. The molecule has 3 rings (SSSR count). The number of piperazine rings is 1. The molecule has 1 saturated heterocycles. The minimum atomic E-state index is 0.0616. The van der Waals surface area contributed by atoms with Gasteiger partial charge in [0.05, 0.1) is 5.75 Å². The first-order valence-electron chi connectivity index (χ1n) is 8.18. The zero-order valence-electron chi connectivity index (χ0n) is 14.1. The normalized spacial score (nSPS) is 15.8. The number of nitrogens with one attached hydrogen (secondary N) is 2. The third-order valence-corrected chi connectivity index (χ3v) is 6.34. The van der Waals surface area contributed by atoms with E-state index in [2.05, 4.69) is 39.3 Å². The molecule has 24 heavy (non-hydrogen) atoms. The first-order valence-corrected chi connectivity index (χ1v) is 9.98. The molecule has 0 spiro atoms. The lowest BCUT2D eigenvalue weighted by Crippen LogP contribution is -2.46. The molecule has 1 aliphatic heterocycles. The molecule has 1 aliphatic rings. The van der Waals surface area contributed by atoms with Crippen LogP contribution in [0.1, 0.15) is 10.4 Å². The molecule has 6 nitrogen and oxygen atoms in total. The summed E-state index contributed by atoms with van der Waals surface area (Å²) >= 11 is 3.17. The number of aryl methyl sites for hydroxylation is 2. The van der Waals surface area contributed by atoms with Crippen LogP contribution in [-0.4, -0.2) is 65.8 Å². The third kappa shape index (κ3) is 4.24. The Kier molecular flexibility index (Phi) is 6.04. The third-order valence-electron chi connectivity index (χ3n) is 4.23. The topological polar surface area (TPSA) is 70.2 Å². The van der Waals surface area contributed by atoms with Gasteiger partial charge >= 0.3 is 0 Å². The predicted molar refractivity (Wildman–Crippen MR) is 99.9 cm³/mol. The van der Waals surface area contributed by atoms with Crippen LogP contribution in [0.2, 0.25) is 0 Å². The lowest BCUT2D eigenvalue weighted by Gasteiger charge is -2.27. The molecule has 0 bridgehead atoms. The van der Waals surface area contributed by atoms with Gasteiger partial charge in [-0.2, -0.15) is 0 Å². The second-order valence-corrected chi connectivity index (χ2v) is 8.04. The Labute approximate surface area is 150 Å². The molecular formula is C16H23N5OS2. The van der Waals surface area contributed by atoms with Crippen LogP contribution in [0.5, 0.6) is 0 Å². The van der Waals surface area contributed by atoms with Crippen LogP contribution in [0.3, 0.4) is 0 Å². The van der Waals surface area contributed by atoms with E-state index in [1.54, 1.807) is 17.7 Å². The number of carbonyl (C=O) groups excluding carboxylic acids is 1. The van der Waals surface area contributed by atoms with E-state index in [0.29, 0.717) is 12.3 Å². The first-order chi connectivity index (χ1) is 11.6. The summed E-state index contributed by atoms with van der Waals surface area (Å²) in [7, 11) is 0. The van der Waals surface area contributed by atoms with Crippen molar-refractivity contribution < 1.29 is 4.79 Å². The van der Waals surface area contributed by atoms with Crippen molar-refractivity contribution in [2.75, 3.05) is 45.0 Å². The van der Waals surface area contributed by atoms with Crippen molar-refractivity contribution in [3.63, 3.8) is 0 Å². The SMILES string of the molecule is Cc1sc2ncnc(SCC(=O)NCCN3CCNCC3)c2c1C. The number of nitrogens with zero attached hydrogens (tertiary/aromatic N) is 3. The Balaban J connectivity index is 1.49. The summed E-state index contributed by atoms with van der Waals surface area (Å²) in [5.41, 5.74) is 1.22. The fraction of sp³-hybridized carbons (Fsp3) is 0.562. The Bertz CT molecular complexity index is 712. The molecule has 3 heterocycles. The summed E-state index contributed by atoms with van der Waals surface area (Å²) in [6.07, 6.45) is 1.59. The largest absolute Gasteiger partial charge is 0.354 e. The number of hydrogen-bond donors (Lipinski definition) is 2. The quantitative estimate of drug-likeness (QED) is 0.596. The molecule has 8 heteroatoms. The Morgan fingerprint density at radius 2 is 2.17 bits per heavy atom. The molecule has 0 atom stereocenters. The van der Waals surface area contributed by atoms with Gasteiger partial charge in [0.2, 0.25) is 5.91 Å². The number of fused-ring (bicyclic) bond motifs is 1. The van der Waals surface area contributed by atoms with Crippen molar-refractivity contribution in [3.05, 3.63) is 16.8 Å². The van der Waals surface area contributed by atoms with Crippen LogP contribution in [0.15, 0.2) is 11.4 Å². The van der Waals surface area contributed by atoms with Crippen LogP contribution in [0.25, 0.3) is 10.2 Å². The standard InChI is InChI=1S/C16H23N5OS2/c1-11-12(2)24-16-14(11)15(19-10-20-16)23-9-13(22)18-5-8-21-6-3-17-4-7-21/h10,17H,3-9H2,1-2H3,(H,18,22). The summed E-state index contributed by atoms with van der Waals surface area (Å²) in [5.74, 6) is 0.452. The molecule has 0 saturated carbocycles. The van der Waals surface area contributed by atoms with Gasteiger partial charge < -0.3 is 10.6 Å². The number of rotatable bonds is 6. The first kappa shape index (κ1) is 17.6. The minimum Gasteiger partial charge on any atom is -0.354 e. The Morgan fingerprint density at radius 1 is 1.38 bits per heavy atom. The van der Waals surface area contributed by atoms with Crippen molar-refractivity contribution >= 4 is 39.2 Å². The molecule has 2 N–H and O–H groups in total. The van der Waals surface area contributed by atoms with E-state index in [4.69, 9.17) is 0 Å². The smallest absolute Gasteiger partial charge is 0.230 e. The number of carbonyl (C=O) groups is 1. The maximum Gasteiger partial charge on any atom is 0.230 e. The average molecular weight is 366 g/mol. The Hall–Kier alpha value is -1.22. The number of amides is 1. The molecule has 0 aliphatic carbocycles. The number of aromatic nitrogens is 2. The maximum absolute atomic E-state index is 12.1. The van der Waals surface area contributed by atoms with Gasteiger partial charge in [0, 0.05) is 49.5 Å². The molecule has 2 aromatic rings. The number of thioether (sulfide) groups is 1. The van der Waals surface area contributed by atoms with Crippen molar-refractivity contribution in [3.8, 4) is 0 Å². The Morgan fingerprint density at radius 3 is 2.96 bits per heavy atom. The highest BCUT2D eigenvalue weighted by Gasteiger charge is 2.14. The van der Waals surface area contributed by atoms with E-state index in [1.165, 1.54) is 22.2 Å². The van der Waals surface area contributed by atoms with Gasteiger partial charge in [-0.25, -0.2) is 9.97 Å². The fourth-order valence-corrected chi connectivity index (χ4v) is 4.68. The van der Waals surface area contributed by atoms with Crippen LogP contribution >= 0.6 is 23.1 Å². The van der Waals surface area contributed by atoms with Crippen molar-refractivity contribution in [2.24, 2.45) is 0 Å². The second kappa shape index (κ2) is 8.24. The zero-order chi connectivity index (χ0) is 16.9. The van der Waals surface area contributed by atoms with Gasteiger partial charge in [0.1, 0.15) is 16.2 Å². The average Bonchev–Trinajstić information content (AvgIpc) is 2.89. The van der Waals surface area contributed by atoms with Gasteiger partial charge in [-0.15, -0.1) is 11.3 Å². The molecule has 0 aromatic carbocycles. The van der Waals surface area contributed by atoms with Crippen LogP contribution in [0, 0.1) is 13.8 Å². The van der Waals surface area contributed by atoms with E-state index in [9.17, 15) is 4.79 Å². The van der Waals surface area contributed by atoms with Crippen molar-refractivity contribution in [1.29, 1.82) is 0 Å². The molecule has 130 valence electrons. The highest BCUT2D eigenvalue weighted by atomic mass is 32.2. The summed E-state index contributed by atoms with van der Waals surface area (Å²) < 4.78 is 0. The molecular weight excluding hydrogens is 342 g/mol.